The summed E-state index contributed by atoms with van der Waals surface area (Å²) in [5.41, 5.74) is -1.58. The summed E-state index contributed by atoms with van der Waals surface area (Å²) >= 11 is 2.93. The summed E-state index contributed by atoms with van der Waals surface area (Å²) in [5, 5.41) is 2.35. The standard InChI is InChI=1S/C12H11BrF3NO3S/c13-7-1-2-9(10(5-7)12(14,15)16)11(18)17-8-3-4-21(19,20)6-8/h1-2,5,8H,3-4,6H2,(H,17,18). The maximum Gasteiger partial charge on any atom is 0.417 e. The number of carbonyl (C=O) groups is 1. The SMILES string of the molecule is O=C(NC1CCS(=O)(=O)C1)c1ccc(Br)cc1C(F)(F)F. The van der Waals surface area contributed by atoms with Gasteiger partial charge in [0, 0.05) is 10.5 Å². The number of amides is 1. The number of carbonyl (C=O) groups excluding carboxylic acids is 1. The first-order valence-electron chi connectivity index (χ1n) is 5.96. The first-order valence-corrected chi connectivity index (χ1v) is 8.58. The lowest BCUT2D eigenvalue weighted by Crippen LogP contribution is -2.36. The zero-order valence-corrected chi connectivity index (χ0v) is 13.0. The van der Waals surface area contributed by atoms with Gasteiger partial charge in [-0.25, -0.2) is 8.42 Å². The van der Waals surface area contributed by atoms with Crippen LogP contribution in [0.2, 0.25) is 0 Å². The molecule has 0 saturated carbocycles. The van der Waals surface area contributed by atoms with Crippen LogP contribution >= 0.6 is 15.9 Å². The molecule has 0 radical (unpaired) electrons. The summed E-state index contributed by atoms with van der Waals surface area (Å²) in [6.07, 6.45) is -4.45. The molecule has 9 heteroatoms. The summed E-state index contributed by atoms with van der Waals surface area (Å²) in [5.74, 6) is -1.22. The number of benzene rings is 1. The van der Waals surface area contributed by atoms with Crippen molar-refractivity contribution < 1.29 is 26.4 Å². The number of alkyl halides is 3. The lowest BCUT2D eigenvalue weighted by atomic mass is 10.1. The highest BCUT2D eigenvalue weighted by Gasteiger charge is 2.36. The van der Waals surface area contributed by atoms with Gasteiger partial charge in [-0.2, -0.15) is 13.2 Å². The van der Waals surface area contributed by atoms with Crippen molar-refractivity contribution in [2.24, 2.45) is 0 Å². The van der Waals surface area contributed by atoms with Gasteiger partial charge in [-0.3, -0.25) is 4.79 Å². The molecule has 0 aromatic heterocycles. The molecule has 4 nitrogen and oxygen atoms in total. The van der Waals surface area contributed by atoms with Crippen LogP contribution in [0.15, 0.2) is 22.7 Å². The van der Waals surface area contributed by atoms with Crippen LogP contribution < -0.4 is 5.32 Å². The van der Waals surface area contributed by atoms with Crippen LogP contribution in [0, 0.1) is 0 Å². The number of rotatable bonds is 2. The Morgan fingerprint density at radius 3 is 2.52 bits per heavy atom. The van der Waals surface area contributed by atoms with E-state index in [1.807, 2.05) is 0 Å². The predicted molar refractivity (Wildman–Crippen MR) is 73.7 cm³/mol. The third-order valence-electron chi connectivity index (χ3n) is 3.10. The molecule has 1 N–H and O–H groups in total. The monoisotopic (exact) mass is 385 g/mol. The smallest absolute Gasteiger partial charge is 0.348 e. The molecule has 21 heavy (non-hydrogen) atoms. The molecule has 1 aliphatic rings. The number of hydrogen-bond acceptors (Lipinski definition) is 3. The molecule has 1 aromatic rings. The Bertz CT molecular complexity index is 673. The van der Waals surface area contributed by atoms with E-state index in [1.165, 1.54) is 6.07 Å². The van der Waals surface area contributed by atoms with Crippen molar-refractivity contribution in [3.05, 3.63) is 33.8 Å². The second-order valence-corrected chi connectivity index (χ2v) is 7.91. The fraction of sp³-hybridized carbons (Fsp3) is 0.417. The van der Waals surface area contributed by atoms with Gasteiger partial charge in [0.1, 0.15) is 0 Å². The third kappa shape index (κ3) is 3.97. The van der Waals surface area contributed by atoms with Crippen molar-refractivity contribution in [3.63, 3.8) is 0 Å². The fourth-order valence-electron chi connectivity index (χ4n) is 2.12. The minimum atomic E-state index is -4.67. The Morgan fingerprint density at radius 1 is 1.33 bits per heavy atom. The van der Waals surface area contributed by atoms with Crippen molar-refractivity contribution >= 4 is 31.7 Å². The van der Waals surface area contributed by atoms with Gasteiger partial charge in [0.2, 0.25) is 0 Å². The second kappa shape index (κ2) is 5.60. The van der Waals surface area contributed by atoms with Gasteiger partial charge >= 0.3 is 6.18 Å². The van der Waals surface area contributed by atoms with E-state index in [0.717, 1.165) is 12.1 Å². The Balaban J connectivity index is 2.24. The highest BCUT2D eigenvalue weighted by Crippen LogP contribution is 2.34. The Labute approximate surface area is 127 Å². The first-order chi connectivity index (χ1) is 9.58. The van der Waals surface area contributed by atoms with Gasteiger partial charge in [0.05, 0.1) is 22.6 Å². The molecular weight excluding hydrogens is 375 g/mol. The van der Waals surface area contributed by atoms with Gasteiger partial charge in [-0.1, -0.05) is 15.9 Å². The fourth-order valence-corrected chi connectivity index (χ4v) is 4.16. The average Bonchev–Trinajstić information content (AvgIpc) is 2.67. The normalized spacial score (nSPS) is 21.2. The van der Waals surface area contributed by atoms with Crippen molar-refractivity contribution in [2.75, 3.05) is 11.5 Å². The minimum absolute atomic E-state index is 0.0651. The molecule has 1 amide bonds. The van der Waals surface area contributed by atoms with Gasteiger partial charge < -0.3 is 5.32 Å². The largest absolute Gasteiger partial charge is 0.417 e. The van der Waals surface area contributed by atoms with Crippen LogP contribution in [0.1, 0.15) is 22.3 Å². The molecular formula is C12H11BrF3NO3S. The zero-order valence-electron chi connectivity index (χ0n) is 10.6. The van der Waals surface area contributed by atoms with Crippen LogP contribution in [0.4, 0.5) is 13.2 Å². The molecule has 116 valence electrons. The van der Waals surface area contributed by atoms with E-state index >= 15 is 0 Å². The lowest BCUT2D eigenvalue weighted by molar-refractivity contribution is -0.138. The van der Waals surface area contributed by atoms with E-state index < -0.39 is 39.1 Å². The summed E-state index contributed by atoms with van der Waals surface area (Å²) in [6, 6.07) is 2.56. The molecule has 1 saturated heterocycles. The molecule has 1 unspecified atom stereocenters. The summed E-state index contributed by atoms with van der Waals surface area (Å²) in [7, 11) is -3.21. The lowest BCUT2D eigenvalue weighted by Gasteiger charge is -2.15. The maximum atomic E-state index is 12.9. The van der Waals surface area contributed by atoms with Crippen molar-refractivity contribution in [1.82, 2.24) is 5.32 Å². The van der Waals surface area contributed by atoms with E-state index in [1.54, 1.807) is 0 Å². The summed E-state index contributed by atoms with van der Waals surface area (Å²) in [4.78, 5) is 12.0. The molecule has 1 aromatic carbocycles. The van der Waals surface area contributed by atoms with E-state index in [4.69, 9.17) is 0 Å². The topological polar surface area (TPSA) is 63.2 Å². The molecule has 0 bridgehead atoms. The van der Waals surface area contributed by atoms with Gasteiger partial charge in [-0.15, -0.1) is 0 Å². The summed E-state index contributed by atoms with van der Waals surface area (Å²) < 4.78 is 61.6. The molecule has 0 aliphatic carbocycles. The molecule has 2 rings (SSSR count). The molecule has 1 aliphatic heterocycles. The van der Waals surface area contributed by atoms with Gasteiger partial charge in [0.25, 0.3) is 5.91 Å². The number of halogens is 4. The van der Waals surface area contributed by atoms with Gasteiger partial charge in [0.15, 0.2) is 9.84 Å². The highest BCUT2D eigenvalue weighted by molar-refractivity contribution is 9.10. The Hall–Kier alpha value is -1.09. The van der Waals surface area contributed by atoms with Crippen LogP contribution in [0.25, 0.3) is 0 Å². The zero-order chi connectivity index (χ0) is 15.8. The van der Waals surface area contributed by atoms with E-state index in [0.29, 0.717) is 0 Å². The Morgan fingerprint density at radius 2 is 2.00 bits per heavy atom. The average molecular weight is 386 g/mol. The maximum absolute atomic E-state index is 12.9. The highest BCUT2D eigenvalue weighted by atomic mass is 79.9. The van der Waals surface area contributed by atoms with Gasteiger partial charge in [-0.05, 0) is 24.6 Å². The first kappa shape index (κ1) is 16.3. The molecule has 0 spiro atoms. The predicted octanol–water partition coefficient (Wildman–Crippen LogP) is 2.38. The number of hydrogen-bond donors (Lipinski definition) is 1. The number of sulfone groups is 1. The second-order valence-electron chi connectivity index (χ2n) is 4.76. The van der Waals surface area contributed by atoms with Crippen LogP contribution in [-0.2, 0) is 16.0 Å². The van der Waals surface area contributed by atoms with Crippen LogP contribution in [0.5, 0.6) is 0 Å². The van der Waals surface area contributed by atoms with Crippen molar-refractivity contribution in [2.45, 2.75) is 18.6 Å². The van der Waals surface area contributed by atoms with Crippen molar-refractivity contribution in [3.8, 4) is 0 Å². The molecule has 1 heterocycles. The van der Waals surface area contributed by atoms with Crippen LogP contribution in [-0.4, -0.2) is 31.9 Å². The van der Waals surface area contributed by atoms with E-state index in [2.05, 4.69) is 21.2 Å². The molecule has 1 fully saturated rings. The Kier molecular flexibility index (Phi) is 4.34. The van der Waals surface area contributed by atoms with Crippen LogP contribution in [0.3, 0.4) is 0 Å². The molecule has 1 atom stereocenters. The van der Waals surface area contributed by atoms with E-state index in [-0.39, 0.29) is 22.4 Å². The van der Waals surface area contributed by atoms with E-state index in [9.17, 15) is 26.4 Å². The quantitative estimate of drug-likeness (QED) is 0.849. The van der Waals surface area contributed by atoms with Crippen molar-refractivity contribution in [1.29, 1.82) is 0 Å². The number of nitrogens with one attached hydrogen (secondary N) is 1. The third-order valence-corrected chi connectivity index (χ3v) is 5.36. The minimum Gasteiger partial charge on any atom is -0.348 e. The summed E-state index contributed by atoms with van der Waals surface area (Å²) in [6.45, 7) is 0.